The van der Waals surface area contributed by atoms with Gasteiger partial charge in [-0.25, -0.2) is 9.97 Å². The van der Waals surface area contributed by atoms with Gasteiger partial charge < -0.3 is 14.3 Å². The van der Waals surface area contributed by atoms with E-state index in [1.165, 1.54) is 0 Å². The first-order valence-electron chi connectivity index (χ1n) is 9.06. The number of benzene rings is 2. The summed E-state index contributed by atoms with van der Waals surface area (Å²) in [6, 6.07) is 13.6. The van der Waals surface area contributed by atoms with Crippen molar-refractivity contribution in [2.75, 3.05) is 0 Å². The predicted molar refractivity (Wildman–Crippen MR) is 111 cm³/mol. The van der Waals surface area contributed by atoms with Crippen molar-refractivity contribution in [3.05, 3.63) is 71.3 Å². The lowest BCUT2D eigenvalue weighted by atomic mass is 10.1. The number of imidazole rings is 2. The van der Waals surface area contributed by atoms with Crippen LogP contribution in [0.5, 0.6) is 0 Å². The molecule has 7 heteroatoms. The summed E-state index contributed by atoms with van der Waals surface area (Å²) >= 11 is 6.15. The summed E-state index contributed by atoms with van der Waals surface area (Å²) in [4.78, 5) is 9.35. The quantitative estimate of drug-likeness (QED) is 0.300. The van der Waals surface area contributed by atoms with Gasteiger partial charge in [-0.1, -0.05) is 35.0 Å². The van der Waals surface area contributed by atoms with Gasteiger partial charge in [0.15, 0.2) is 0 Å². The maximum atomic E-state index is 9.04. The van der Waals surface area contributed by atoms with Gasteiger partial charge in [0.05, 0.1) is 23.3 Å². The summed E-state index contributed by atoms with van der Waals surface area (Å²) < 4.78 is 4.26. The van der Waals surface area contributed by atoms with Gasteiger partial charge in [0.25, 0.3) is 0 Å². The number of hydrogen-bond donors (Lipinski definition) is 1. The zero-order chi connectivity index (χ0) is 19.7. The number of halogens is 1. The molecule has 2 aromatic carbocycles. The van der Waals surface area contributed by atoms with Crippen molar-refractivity contribution in [1.82, 2.24) is 19.1 Å². The first-order chi connectivity index (χ1) is 13.6. The highest BCUT2D eigenvalue weighted by atomic mass is 35.5. The summed E-state index contributed by atoms with van der Waals surface area (Å²) in [5, 5.41) is 13.0. The molecular weight excluding hydrogens is 374 g/mol. The third-order valence-corrected chi connectivity index (χ3v) is 5.06. The topological polar surface area (TPSA) is 68.2 Å². The molecule has 0 bridgehead atoms. The molecule has 0 aliphatic rings. The number of aryl methyl sites for hydroxylation is 1. The van der Waals surface area contributed by atoms with Crippen LogP contribution in [-0.4, -0.2) is 30.0 Å². The molecule has 6 nitrogen and oxygen atoms in total. The van der Waals surface area contributed by atoms with Crippen LogP contribution in [0.2, 0.25) is 5.02 Å². The van der Waals surface area contributed by atoms with Crippen LogP contribution in [0.15, 0.2) is 60.0 Å². The van der Waals surface area contributed by atoms with Gasteiger partial charge in [-0.3, -0.25) is 0 Å². The van der Waals surface area contributed by atoms with E-state index in [1.807, 2.05) is 48.7 Å². The van der Waals surface area contributed by atoms with Crippen LogP contribution in [0.4, 0.5) is 0 Å². The van der Waals surface area contributed by atoms with Gasteiger partial charge in [-0.05, 0) is 38.1 Å². The number of hydrogen-bond acceptors (Lipinski definition) is 4. The van der Waals surface area contributed by atoms with E-state index in [1.54, 1.807) is 13.1 Å². The molecule has 0 saturated heterocycles. The molecule has 0 amide bonds. The van der Waals surface area contributed by atoms with E-state index < -0.39 is 0 Å². The Hall–Kier alpha value is -3.12. The Morgan fingerprint density at radius 1 is 1.21 bits per heavy atom. The third kappa shape index (κ3) is 3.27. The number of fused-ring (bicyclic) bond motifs is 1. The Balaban J connectivity index is 1.76. The number of oxime groups is 1. The van der Waals surface area contributed by atoms with Crippen molar-refractivity contribution < 1.29 is 5.21 Å². The van der Waals surface area contributed by atoms with Gasteiger partial charge in [0.1, 0.15) is 11.6 Å². The van der Waals surface area contributed by atoms with Gasteiger partial charge in [0.2, 0.25) is 0 Å². The van der Waals surface area contributed by atoms with Gasteiger partial charge in [-0.2, -0.15) is 0 Å². The second-order valence-electron chi connectivity index (χ2n) is 6.55. The molecule has 0 radical (unpaired) electrons. The predicted octanol–water partition coefficient (Wildman–Crippen LogP) is 4.82. The lowest BCUT2D eigenvalue weighted by Gasteiger charge is -2.10. The van der Waals surface area contributed by atoms with Crippen LogP contribution in [0, 0.1) is 0 Å². The SMILES string of the molecule is CCn1c(Cn2ccnc2-c2cccc(Cl)c2)nc2cc(/C(C)=N/O)ccc21. The second kappa shape index (κ2) is 7.48. The molecule has 142 valence electrons. The minimum Gasteiger partial charge on any atom is -0.411 e. The van der Waals surface area contributed by atoms with Gasteiger partial charge in [-0.15, -0.1) is 0 Å². The lowest BCUT2D eigenvalue weighted by Crippen LogP contribution is -2.08. The number of aromatic nitrogens is 4. The highest BCUT2D eigenvalue weighted by molar-refractivity contribution is 6.30. The average Bonchev–Trinajstić information content (AvgIpc) is 3.30. The molecule has 2 heterocycles. The van der Waals surface area contributed by atoms with E-state index >= 15 is 0 Å². The number of rotatable bonds is 5. The van der Waals surface area contributed by atoms with Crippen LogP contribution in [-0.2, 0) is 13.1 Å². The highest BCUT2D eigenvalue weighted by Crippen LogP contribution is 2.24. The van der Waals surface area contributed by atoms with Gasteiger partial charge in [0, 0.05) is 35.1 Å². The molecule has 28 heavy (non-hydrogen) atoms. The molecule has 0 aliphatic heterocycles. The van der Waals surface area contributed by atoms with Crippen LogP contribution >= 0.6 is 11.6 Å². The maximum Gasteiger partial charge on any atom is 0.140 e. The molecule has 4 rings (SSSR count). The summed E-state index contributed by atoms with van der Waals surface area (Å²) in [7, 11) is 0. The van der Waals surface area contributed by atoms with E-state index in [4.69, 9.17) is 21.8 Å². The summed E-state index contributed by atoms with van der Waals surface area (Å²) in [5.74, 6) is 1.79. The van der Waals surface area contributed by atoms with Crippen molar-refractivity contribution in [3.63, 3.8) is 0 Å². The Labute approximate surface area is 167 Å². The maximum absolute atomic E-state index is 9.04. The van der Waals surface area contributed by atoms with Crippen LogP contribution in [0.25, 0.3) is 22.4 Å². The highest BCUT2D eigenvalue weighted by Gasteiger charge is 2.14. The van der Waals surface area contributed by atoms with Crippen LogP contribution in [0.1, 0.15) is 25.2 Å². The molecule has 0 fully saturated rings. The third-order valence-electron chi connectivity index (χ3n) is 4.82. The van der Waals surface area contributed by atoms with E-state index in [9.17, 15) is 0 Å². The second-order valence-corrected chi connectivity index (χ2v) is 6.99. The smallest absolute Gasteiger partial charge is 0.140 e. The molecule has 0 aliphatic carbocycles. The van der Waals surface area contributed by atoms with Crippen molar-refractivity contribution in [1.29, 1.82) is 0 Å². The van der Waals surface area contributed by atoms with Gasteiger partial charge >= 0.3 is 0 Å². The van der Waals surface area contributed by atoms with E-state index in [0.29, 0.717) is 17.3 Å². The normalized spacial score (nSPS) is 12.0. The largest absolute Gasteiger partial charge is 0.411 e. The Morgan fingerprint density at radius 3 is 2.82 bits per heavy atom. The van der Waals surface area contributed by atoms with Crippen molar-refractivity contribution >= 4 is 28.3 Å². The molecular formula is C21H20ClN5O. The first-order valence-corrected chi connectivity index (χ1v) is 9.43. The van der Waals surface area contributed by atoms with E-state index in [0.717, 1.165) is 40.4 Å². The molecule has 0 unspecified atom stereocenters. The van der Waals surface area contributed by atoms with Crippen LogP contribution < -0.4 is 0 Å². The van der Waals surface area contributed by atoms with Crippen LogP contribution in [0.3, 0.4) is 0 Å². The zero-order valence-electron chi connectivity index (χ0n) is 15.7. The molecule has 0 spiro atoms. The lowest BCUT2D eigenvalue weighted by molar-refractivity contribution is 0.319. The van der Waals surface area contributed by atoms with E-state index in [-0.39, 0.29) is 0 Å². The fraction of sp³-hybridized carbons (Fsp3) is 0.190. The Kier molecular flexibility index (Phi) is 4.88. The molecule has 1 N–H and O–H groups in total. The summed E-state index contributed by atoms with van der Waals surface area (Å²) in [5.41, 5.74) is 4.31. The zero-order valence-corrected chi connectivity index (χ0v) is 16.4. The summed E-state index contributed by atoms with van der Waals surface area (Å²) in [6.07, 6.45) is 3.73. The molecule has 4 aromatic rings. The first kappa shape index (κ1) is 18.3. The van der Waals surface area contributed by atoms with Crippen molar-refractivity contribution in [2.45, 2.75) is 26.9 Å². The standard InChI is InChI=1S/C21H20ClN5O/c1-3-27-19-8-7-15(14(2)25-28)12-18(19)24-20(27)13-26-10-9-23-21(26)16-5-4-6-17(22)11-16/h4-12,28H,3,13H2,1-2H3/b25-14+. The van der Waals surface area contributed by atoms with Crippen molar-refractivity contribution in [2.24, 2.45) is 5.16 Å². The molecule has 0 atom stereocenters. The molecule has 0 saturated carbocycles. The fourth-order valence-corrected chi connectivity index (χ4v) is 3.60. The minimum absolute atomic E-state index is 0.562. The van der Waals surface area contributed by atoms with E-state index in [2.05, 4.69) is 26.2 Å². The molecule has 2 aromatic heterocycles. The fourth-order valence-electron chi connectivity index (χ4n) is 3.41. The minimum atomic E-state index is 0.562. The van der Waals surface area contributed by atoms with Crippen molar-refractivity contribution in [3.8, 4) is 11.4 Å². The number of nitrogens with zero attached hydrogens (tertiary/aromatic N) is 5. The Morgan fingerprint density at radius 2 is 2.07 bits per heavy atom. The average molecular weight is 394 g/mol. The monoisotopic (exact) mass is 393 g/mol. The summed E-state index contributed by atoms with van der Waals surface area (Å²) in [6.45, 7) is 5.26. The Bertz CT molecular complexity index is 1170.